The molecule has 36 heavy (non-hydrogen) atoms. The number of nitrogens with zero attached hydrogens (tertiary/aromatic N) is 6. The summed E-state index contributed by atoms with van der Waals surface area (Å²) in [4.78, 5) is 11.6. The zero-order valence-corrected chi connectivity index (χ0v) is 20.9. The maximum atomic E-state index is 10.3. The lowest BCUT2D eigenvalue weighted by molar-refractivity contribution is 0.342. The van der Waals surface area contributed by atoms with Gasteiger partial charge in [-0.15, -0.1) is 10.2 Å². The summed E-state index contributed by atoms with van der Waals surface area (Å²) >= 11 is 0. The Morgan fingerprint density at radius 2 is 1.81 bits per heavy atom. The van der Waals surface area contributed by atoms with E-state index in [9.17, 15) is 5.11 Å². The molecule has 8 nitrogen and oxygen atoms in total. The summed E-state index contributed by atoms with van der Waals surface area (Å²) in [5, 5.41) is 18.7. The van der Waals surface area contributed by atoms with E-state index in [-0.39, 0.29) is 5.75 Å². The highest BCUT2D eigenvalue weighted by Gasteiger charge is 2.40. The van der Waals surface area contributed by atoms with E-state index in [1.165, 1.54) is 5.69 Å². The fourth-order valence-electron chi connectivity index (χ4n) is 5.33. The van der Waals surface area contributed by atoms with Gasteiger partial charge in [0.25, 0.3) is 0 Å². The predicted molar refractivity (Wildman–Crippen MR) is 144 cm³/mol. The number of aromatic nitrogens is 3. The minimum atomic E-state index is 0.182. The maximum absolute atomic E-state index is 10.3. The van der Waals surface area contributed by atoms with E-state index in [1.807, 2.05) is 24.4 Å². The first-order chi connectivity index (χ1) is 17.6. The Bertz CT molecular complexity index is 1270. The molecule has 2 unspecified atom stereocenters. The van der Waals surface area contributed by atoms with E-state index in [0.717, 1.165) is 56.9 Å². The van der Waals surface area contributed by atoms with Crippen molar-refractivity contribution in [2.45, 2.75) is 38.8 Å². The Labute approximate surface area is 212 Å². The number of para-hydroxylation sites is 1. The molecule has 5 rings (SSSR count). The van der Waals surface area contributed by atoms with Gasteiger partial charge in [0.05, 0.1) is 17.9 Å². The Morgan fingerprint density at radius 1 is 1.06 bits per heavy atom. The third kappa shape index (κ3) is 4.79. The van der Waals surface area contributed by atoms with Crippen LogP contribution in [-0.2, 0) is 0 Å². The molecule has 2 aromatic heterocycles. The van der Waals surface area contributed by atoms with Crippen LogP contribution in [0.15, 0.2) is 48.7 Å². The molecule has 2 saturated heterocycles. The van der Waals surface area contributed by atoms with Crippen LogP contribution in [0.25, 0.3) is 11.3 Å². The van der Waals surface area contributed by atoms with Crippen LogP contribution >= 0.6 is 0 Å². The largest absolute Gasteiger partial charge is 0.507 e. The lowest BCUT2D eigenvalue weighted by Gasteiger charge is -2.43. The van der Waals surface area contributed by atoms with E-state index >= 15 is 0 Å². The summed E-state index contributed by atoms with van der Waals surface area (Å²) in [5.41, 5.74) is 10.4. The van der Waals surface area contributed by atoms with Gasteiger partial charge in [-0.25, -0.2) is 4.98 Å². The number of rotatable bonds is 6. The van der Waals surface area contributed by atoms with Crippen molar-refractivity contribution in [1.82, 2.24) is 20.1 Å². The fraction of sp³-hybridized carbons (Fsp3) is 0.393. The number of aromatic hydroxyl groups is 1. The van der Waals surface area contributed by atoms with Gasteiger partial charge in [0, 0.05) is 42.6 Å². The second-order valence-electron chi connectivity index (χ2n) is 9.38. The number of benzene rings is 1. The van der Waals surface area contributed by atoms with Gasteiger partial charge in [-0.1, -0.05) is 31.9 Å². The number of phenolic OH excluding ortho intramolecular Hbond substituents is 1. The molecule has 0 aliphatic carbocycles. The summed E-state index contributed by atoms with van der Waals surface area (Å²) in [5.74, 6) is 7.12. The quantitative estimate of drug-likeness (QED) is 0.516. The molecule has 0 radical (unpaired) electrons. The van der Waals surface area contributed by atoms with Crippen molar-refractivity contribution in [2.24, 2.45) is 0 Å². The second kappa shape index (κ2) is 10.4. The molecule has 2 aliphatic rings. The molecule has 2 aliphatic heterocycles. The third-order valence-electron chi connectivity index (χ3n) is 7.26. The van der Waals surface area contributed by atoms with E-state index < -0.39 is 0 Å². The molecule has 186 valence electrons. The summed E-state index contributed by atoms with van der Waals surface area (Å²) in [6.07, 6.45) is 4.11. The standard InChI is InChI=1S/C28H33N7O/c1-3-33(4-2)15-7-8-20-16-21(13-14-30-20)35-22-11-12-23(35)19-34(18-22)26-17-25(31-32-28(26)29)24-9-5-6-10-27(24)36/h5-6,9-10,13-14,16-17,22-23,36H,3-4,11-12,15,18-19H2,1-2H3,(H2,29,32). The van der Waals surface area contributed by atoms with Gasteiger partial charge in [0.15, 0.2) is 5.82 Å². The minimum absolute atomic E-state index is 0.182. The summed E-state index contributed by atoms with van der Waals surface area (Å²) in [6, 6.07) is 14.1. The lowest BCUT2D eigenvalue weighted by Crippen LogP contribution is -2.54. The van der Waals surface area contributed by atoms with Crippen LogP contribution in [0.5, 0.6) is 5.75 Å². The van der Waals surface area contributed by atoms with Crippen LogP contribution in [-0.4, -0.2) is 70.0 Å². The Morgan fingerprint density at radius 3 is 2.53 bits per heavy atom. The first-order valence-electron chi connectivity index (χ1n) is 12.7. The average molecular weight is 484 g/mol. The van der Waals surface area contributed by atoms with Crippen LogP contribution in [0.2, 0.25) is 0 Å². The molecule has 0 amide bonds. The molecule has 8 heteroatoms. The third-order valence-corrected chi connectivity index (χ3v) is 7.26. The monoisotopic (exact) mass is 483 g/mol. The zero-order valence-electron chi connectivity index (χ0n) is 20.9. The molecule has 1 aromatic carbocycles. The molecule has 2 bridgehead atoms. The van der Waals surface area contributed by atoms with Gasteiger partial charge >= 0.3 is 0 Å². The van der Waals surface area contributed by atoms with Crippen molar-refractivity contribution < 1.29 is 5.11 Å². The molecular formula is C28H33N7O. The van der Waals surface area contributed by atoms with Crippen LogP contribution < -0.4 is 15.5 Å². The van der Waals surface area contributed by atoms with Crippen molar-refractivity contribution in [2.75, 3.05) is 48.3 Å². The van der Waals surface area contributed by atoms with Crippen LogP contribution in [0.3, 0.4) is 0 Å². The Hall–Kier alpha value is -3.83. The van der Waals surface area contributed by atoms with Gasteiger partial charge in [0.2, 0.25) is 0 Å². The molecule has 4 heterocycles. The summed E-state index contributed by atoms with van der Waals surface area (Å²) < 4.78 is 0. The Balaban J connectivity index is 1.35. The first-order valence-corrected chi connectivity index (χ1v) is 12.7. The number of hydrogen-bond acceptors (Lipinski definition) is 8. The van der Waals surface area contributed by atoms with Crippen molar-refractivity contribution in [3.63, 3.8) is 0 Å². The molecule has 2 fully saturated rings. The summed E-state index contributed by atoms with van der Waals surface area (Å²) in [6.45, 7) is 8.75. The summed E-state index contributed by atoms with van der Waals surface area (Å²) in [7, 11) is 0. The van der Waals surface area contributed by atoms with Crippen molar-refractivity contribution >= 4 is 17.2 Å². The van der Waals surface area contributed by atoms with Crippen LogP contribution in [0, 0.1) is 11.8 Å². The SMILES string of the molecule is CCN(CC)CC#Cc1cc(N2C3CCC2CN(c2cc(-c4ccccc4O)nnc2N)C3)ccn1. The smallest absolute Gasteiger partial charge is 0.169 e. The maximum Gasteiger partial charge on any atom is 0.169 e. The molecular weight excluding hydrogens is 450 g/mol. The topological polar surface area (TPSA) is 94.6 Å². The molecule has 2 atom stereocenters. The fourth-order valence-corrected chi connectivity index (χ4v) is 5.33. The van der Waals surface area contributed by atoms with Gasteiger partial charge in [-0.3, -0.25) is 4.90 Å². The lowest BCUT2D eigenvalue weighted by atomic mass is 10.1. The number of piperazine rings is 1. The van der Waals surface area contributed by atoms with Crippen molar-refractivity contribution in [1.29, 1.82) is 0 Å². The van der Waals surface area contributed by atoms with Gasteiger partial charge in [0.1, 0.15) is 11.4 Å². The number of anilines is 3. The van der Waals surface area contributed by atoms with Crippen LogP contribution in [0.4, 0.5) is 17.2 Å². The number of fused-ring (bicyclic) bond motifs is 2. The highest BCUT2D eigenvalue weighted by atomic mass is 16.3. The number of hydrogen-bond donors (Lipinski definition) is 2. The number of phenols is 1. The zero-order chi connectivity index (χ0) is 25.1. The molecule has 0 spiro atoms. The van der Waals surface area contributed by atoms with E-state index in [1.54, 1.807) is 12.1 Å². The Kier molecular flexibility index (Phi) is 6.92. The number of nitrogens with two attached hydrogens (primary N) is 1. The average Bonchev–Trinajstić information content (AvgIpc) is 3.17. The highest BCUT2D eigenvalue weighted by molar-refractivity contribution is 5.74. The number of pyridine rings is 1. The predicted octanol–water partition coefficient (Wildman–Crippen LogP) is 3.38. The van der Waals surface area contributed by atoms with E-state index in [4.69, 9.17) is 5.73 Å². The second-order valence-corrected chi connectivity index (χ2v) is 9.38. The normalized spacial score (nSPS) is 18.9. The van der Waals surface area contributed by atoms with Gasteiger partial charge < -0.3 is 20.6 Å². The van der Waals surface area contributed by atoms with E-state index in [2.05, 4.69) is 67.7 Å². The molecule has 0 saturated carbocycles. The van der Waals surface area contributed by atoms with Gasteiger partial charge in [-0.05, 0) is 62.2 Å². The first kappa shape index (κ1) is 23.9. The van der Waals surface area contributed by atoms with Crippen LogP contribution in [0.1, 0.15) is 32.4 Å². The number of nitrogen functional groups attached to an aromatic ring is 1. The minimum Gasteiger partial charge on any atom is -0.507 e. The highest BCUT2D eigenvalue weighted by Crippen LogP contribution is 2.38. The molecule has 3 N–H and O–H groups in total. The molecule has 3 aromatic rings. The van der Waals surface area contributed by atoms with Gasteiger partial charge in [-0.2, -0.15) is 0 Å². The van der Waals surface area contributed by atoms with E-state index in [0.29, 0.717) is 29.2 Å². The van der Waals surface area contributed by atoms with Crippen molar-refractivity contribution in [3.8, 4) is 28.8 Å². The van der Waals surface area contributed by atoms with Crippen molar-refractivity contribution in [3.05, 3.63) is 54.4 Å².